The zero-order chi connectivity index (χ0) is 39.1. The Balaban J connectivity index is 0.000000153. The second-order valence-electron chi connectivity index (χ2n) is 14.7. The van der Waals surface area contributed by atoms with Crippen molar-refractivity contribution >= 4 is 0 Å². The molecule has 302 valence electrons. The second kappa shape index (κ2) is 21.5. The number of β-amino-alcohol motifs (C(OH)–C–C–N with tert-alkyl or cyclic N) is 1. The molecule has 2 unspecified atom stereocenters. The lowest BCUT2D eigenvalue weighted by molar-refractivity contribution is -0.0200. The van der Waals surface area contributed by atoms with Crippen LogP contribution in [0.5, 0.6) is 11.5 Å². The molecule has 2 aliphatic carbocycles. The van der Waals surface area contributed by atoms with Crippen LogP contribution in [0.3, 0.4) is 0 Å². The third-order valence-electron chi connectivity index (χ3n) is 10.4. The molecule has 3 heterocycles. The summed E-state index contributed by atoms with van der Waals surface area (Å²) < 4.78 is 54.4. The summed E-state index contributed by atoms with van der Waals surface area (Å²) in [5.74, 6) is 0.645. The number of benzene rings is 4. The van der Waals surface area contributed by atoms with Gasteiger partial charge in [-0.15, -0.1) is 0 Å². The maximum Gasteiger partial charge on any atom is 0.126 e. The number of hydrogen-bond donors (Lipinski definition) is 3. The number of nitrogens with one attached hydrogen (secondary N) is 1. The van der Waals surface area contributed by atoms with Crippen LogP contribution in [0, 0.1) is 11.6 Å². The Labute approximate surface area is 329 Å². The summed E-state index contributed by atoms with van der Waals surface area (Å²) >= 11 is 0. The lowest BCUT2D eigenvalue weighted by atomic mass is 10.1. The molecule has 0 radical (unpaired) electrons. The molecule has 0 amide bonds. The summed E-state index contributed by atoms with van der Waals surface area (Å²) in [7, 11) is 1.00. The molecule has 3 N–H and O–H groups in total. The fourth-order valence-electron chi connectivity index (χ4n) is 7.60. The minimum absolute atomic E-state index is 0.0293. The maximum absolute atomic E-state index is 13.3. The fraction of sp³-hybridized carbons (Fsp3) is 0.467. The van der Waals surface area contributed by atoms with Crippen molar-refractivity contribution in [2.45, 2.75) is 75.1 Å². The largest absolute Gasteiger partial charge is 0.489 e. The summed E-state index contributed by atoms with van der Waals surface area (Å²) in [5.41, 5.74) is 5.45. The zero-order valence-corrected chi connectivity index (χ0v) is 32.2. The van der Waals surface area contributed by atoms with E-state index < -0.39 is 6.10 Å². The van der Waals surface area contributed by atoms with E-state index in [1.165, 1.54) is 46.5 Å². The van der Waals surface area contributed by atoms with Crippen LogP contribution < -0.4 is 14.8 Å². The van der Waals surface area contributed by atoms with Crippen LogP contribution in [0.2, 0.25) is 0 Å². The number of halogens is 2. The smallest absolute Gasteiger partial charge is 0.126 e. The van der Waals surface area contributed by atoms with Gasteiger partial charge in [-0.3, -0.25) is 4.90 Å². The number of aliphatic hydroxyl groups is 2. The molecule has 56 heavy (non-hydrogen) atoms. The van der Waals surface area contributed by atoms with Crippen molar-refractivity contribution in [1.29, 1.82) is 0 Å². The maximum atomic E-state index is 13.3. The van der Waals surface area contributed by atoms with Gasteiger partial charge in [0.25, 0.3) is 0 Å². The average Bonchev–Trinajstić information content (AvgIpc) is 3.58. The molecule has 9 nitrogen and oxygen atoms in total. The Kier molecular flexibility index (Phi) is 16.0. The Morgan fingerprint density at radius 1 is 0.750 bits per heavy atom. The number of likely N-dealkylation sites (tertiary alicyclic amines) is 1. The van der Waals surface area contributed by atoms with Crippen LogP contribution in [0.1, 0.15) is 60.1 Å². The number of nitrogens with zero attached hydrogens (tertiary/aromatic N) is 1. The molecule has 3 aliphatic heterocycles. The lowest BCUT2D eigenvalue weighted by Crippen LogP contribution is -2.35. The number of aliphatic hydroxyl groups excluding tert-OH is 2. The molecule has 9 rings (SSSR count). The van der Waals surface area contributed by atoms with Gasteiger partial charge in [0, 0.05) is 45.4 Å². The van der Waals surface area contributed by atoms with Gasteiger partial charge in [-0.25, -0.2) is 8.78 Å². The van der Waals surface area contributed by atoms with Gasteiger partial charge < -0.3 is 39.2 Å². The second-order valence-corrected chi connectivity index (χ2v) is 14.7. The highest BCUT2D eigenvalue weighted by atomic mass is 19.1. The quantitative estimate of drug-likeness (QED) is 0.137. The van der Waals surface area contributed by atoms with Crippen LogP contribution in [0.15, 0.2) is 97.1 Å². The van der Waals surface area contributed by atoms with Gasteiger partial charge in [0.2, 0.25) is 0 Å². The molecule has 0 bridgehead atoms. The van der Waals surface area contributed by atoms with Crippen molar-refractivity contribution in [3.05, 3.63) is 131 Å². The monoisotopic (exact) mass is 774 g/mol. The predicted octanol–water partition coefficient (Wildman–Crippen LogP) is 6.61. The molecule has 0 aromatic heterocycles. The third kappa shape index (κ3) is 12.8. The first-order valence-corrected chi connectivity index (χ1v) is 19.9. The van der Waals surface area contributed by atoms with Gasteiger partial charge in [0.05, 0.1) is 38.1 Å². The van der Waals surface area contributed by atoms with E-state index in [0.29, 0.717) is 36.9 Å². The van der Waals surface area contributed by atoms with Crippen molar-refractivity contribution in [2.75, 3.05) is 59.7 Å². The van der Waals surface area contributed by atoms with Crippen molar-refractivity contribution in [3.63, 3.8) is 0 Å². The molecule has 4 aromatic rings. The van der Waals surface area contributed by atoms with Crippen LogP contribution >= 0.6 is 0 Å². The first-order valence-electron chi connectivity index (χ1n) is 19.9. The van der Waals surface area contributed by atoms with Gasteiger partial charge in [0.15, 0.2) is 0 Å². The standard InChI is InChI=1S/C22H26FNO3.C12H14O2.C10H12FNO.CH4O/c23-17-5-3-6-19(12-17)27-20-10-11-24(14-20)13-18(25)15-26-22-9-8-16-4-1-2-7-21(16)22;1-2-4-11-9(3-1)5-6-12(11)14-8-10-7-13-10;11-8-2-1-3-9(6-8)13-10-4-5-12-7-10;1-2/h1-7,12,18,20,22,25H,8-11,13-15H2;1-4,10,12H,5-8H2;1-3,6,10,12H,4-5,7H2;2H,1H3/t18?,20-,22-;10?,12-;10-;/m000./s1. The van der Waals surface area contributed by atoms with E-state index in [9.17, 15) is 13.9 Å². The number of epoxide rings is 1. The highest BCUT2D eigenvalue weighted by Gasteiger charge is 2.29. The zero-order valence-electron chi connectivity index (χ0n) is 32.2. The minimum atomic E-state index is -0.523. The SMILES string of the molecule is CO.Fc1cccc(O[C@H]2CCNC2)c1.OC(CO[C@H]1CCc2ccccc21)CN1CC[C@H](Oc2cccc(F)c2)C1.c1ccc2c(c1)CC[C@@H]2OCC1CO1. The van der Waals surface area contributed by atoms with Crippen LogP contribution in [-0.4, -0.2) is 99.2 Å². The van der Waals surface area contributed by atoms with E-state index in [1.807, 2.05) is 6.07 Å². The fourth-order valence-corrected chi connectivity index (χ4v) is 7.60. The summed E-state index contributed by atoms with van der Waals surface area (Å²) in [5, 5.41) is 20.6. The first kappa shape index (κ1) is 41.7. The number of hydrogen-bond acceptors (Lipinski definition) is 9. The number of fused-ring (bicyclic) bond motifs is 2. The Morgan fingerprint density at radius 2 is 1.34 bits per heavy atom. The molecule has 5 aliphatic rings. The van der Waals surface area contributed by atoms with Crippen molar-refractivity contribution in [1.82, 2.24) is 10.2 Å². The summed E-state index contributed by atoms with van der Waals surface area (Å²) in [6.07, 6.45) is 6.68. The molecular weight excluding hydrogens is 718 g/mol. The Hall–Kier alpha value is -3.94. The number of ether oxygens (including phenoxy) is 5. The van der Waals surface area contributed by atoms with Gasteiger partial charge in [0.1, 0.15) is 41.4 Å². The van der Waals surface area contributed by atoms with E-state index in [2.05, 4.69) is 52.7 Å². The molecule has 11 heteroatoms. The van der Waals surface area contributed by atoms with Gasteiger partial charge in [-0.05, 0) is 91.6 Å². The topological polar surface area (TPSA) is 105 Å². The van der Waals surface area contributed by atoms with Crippen molar-refractivity contribution < 1.29 is 42.7 Å². The molecule has 0 saturated carbocycles. The van der Waals surface area contributed by atoms with Crippen molar-refractivity contribution in [2.24, 2.45) is 0 Å². The normalized spacial score (nSPS) is 23.6. The van der Waals surface area contributed by atoms with Crippen LogP contribution in [0.4, 0.5) is 8.78 Å². The summed E-state index contributed by atoms with van der Waals surface area (Å²) in [4.78, 5) is 2.18. The first-order chi connectivity index (χ1) is 27.4. The number of aryl methyl sites for hydroxylation is 2. The van der Waals surface area contributed by atoms with Crippen LogP contribution in [0.25, 0.3) is 0 Å². The lowest BCUT2D eigenvalue weighted by Gasteiger charge is -2.22. The average molecular weight is 775 g/mol. The molecule has 3 saturated heterocycles. The number of rotatable bonds is 12. The highest BCUT2D eigenvalue weighted by Crippen LogP contribution is 2.35. The molecule has 0 spiro atoms. The van der Waals surface area contributed by atoms with E-state index in [1.54, 1.807) is 24.3 Å². The Bertz CT molecular complexity index is 1770. The Morgan fingerprint density at radius 3 is 1.91 bits per heavy atom. The van der Waals surface area contributed by atoms with Gasteiger partial charge >= 0.3 is 0 Å². The van der Waals surface area contributed by atoms with E-state index in [4.69, 9.17) is 28.8 Å². The minimum Gasteiger partial charge on any atom is -0.489 e. The third-order valence-corrected chi connectivity index (χ3v) is 10.4. The molecule has 6 atom stereocenters. The van der Waals surface area contributed by atoms with E-state index in [-0.39, 0.29) is 29.9 Å². The van der Waals surface area contributed by atoms with E-state index >= 15 is 0 Å². The predicted molar refractivity (Wildman–Crippen MR) is 211 cm³/mol. The van der Waals surface area contributed by atoms with E-state index in [0.717, 1.165) is 85.0 Å². The summed E-state index contributed by atoms with van der Waals surface area (Å²) in [6, 6.07) is 29.5. The van der Waals surface area contributed by atoms with Crippen LogP contribution in [-0.2, 0) is 27.1 Å². The van der Waals surface area contributed by atoms with Gasteiger partial charge in [-0.1, -0.05) is 60.7 Å². The molecular formula is C45H56F2N2O7. The highest BCUT2D eigenvalue weighted by molar-refractivity contribution is 5.34. The summed E-state index contributed by atoms with van der Waals surface area (Å²) in [6.45, 7) is 6.00. The molecule has 3 fully saturated rings. The van der Waals surface area contributed by atoms with Gasteiger partial charge in [-0.2, -0.15) is 0 Å². The van der Waals surface area contributed by atoms with Crippen molar-refractivity contribution in [3.8, 4) is 11.5 Å². The molecule has 4 aromatic carbocycles.